The van der Waals surface area contributed by atoms with E-state index in [2.05, 4.69) is 5.32 Å². The van der Waals surface area contributed by atoms with Crippen LogP contribution in [0.15, 0.2) is 77.7 Å². The summed E-state index contributed by atoms with van der Waals surface area (Å²) in [5, 5.41) is 3.69. The second-order valence-electron chi connectivity index (χ2n) is 8.57. The molecule has 3 aromatic carbocycles. The third kappa shape index (κ3) is 5.46. The fraction of sp³-hybridized carbons (Fsp3) is 0.222. The Bertz CT molecular complexity index is 1510. The molecule has 0 radical (unpaired) electrons. The van der Waals surface area contributed by atoms with Gasteiger partial charge in [0.05, 0.1) is 16.2 Å². The van der Waals surface area contributed by atoms with Crippen LogP contribution in [0.1, 0.15) is 39.7 Å². The summed E-state index contributed by atoms with van der Waals surface area (Å²) in [6, 6.07) is 18.8. The molecule has 36 heavy (non-hydrogen) atoms. The van der Waals surface area contributed by atoms with Gasteiger partial charge in [0.2, 0.25) is 0 Å². The summed E-state index contributed by atoms with van der Waals surface area (Å²) in [7, 11) is -1.40. The monoisotopic (exact) mass is 514 g/mol. The van der Waals surface area contributed by atoms with E-state index in [1.807, 2.05) is 23.7 Å². The number of nitrogens with zero attached hydrogens (tertiary/aromatic N) is 1. The topological polar surface area (TPSA) is 68.2 Å². The normalized spacial score (nSPS) is 12.1. The minimum absolute atomic E-state index is 0.0249. The first-order chi connectivity index (χ1) is 17.0. The number of alkyl halides is 3. The Kier molecular flexibility index (Phi) is 6.95. The number of carbonyl (C=O) groups excluding carboxylic acids is 1. The minimum atomic E-state index is -4.37. The van der Waals surface area contributed by atoms with E-state index < -0.39 is 21.6 Å². The van der Waals surface area contributed by atoms with Crippen molar-refractivity contribution in [3.8, 4) is 0 Å². The molecule has 1 aromatic heterocycles. The zero-order chi connectivity index (χ0) is 26.1. The van der Waals surface area contributed by atoms with Gasteiger partial charge >= 0.3 is 6.18 Å². The van der Waals surface area contributed by atoms with E-state index in [0.717, 1.165) is 39.9 Å². The van der Waals surface area contributed by atoms with Crippen LogP contribution >= 0.6 is 0 Å². The fourth-order valence-electron chi connectivity index (χ4n) is 4.00. The van der Waals surface area contributed by atoms with Gasteiger partial charge in [-0.1, -0.05) is 31.2 Å². The average Bonchev–Trinajstić information content (AvgIpc) is 3.16. The lowest BCUT2D eigenvalue weighted by molar-refractivity contribution is -0.137. The first kappa shape index (κ1) is 25.5. The number of sulfone groups is 1. The first-order valence-electron chi connectivity index (χ1n) is 11.3. The third-order valence-electron chi connectivity index (χ3n) is 6.19. The molecule has 0 aliphatic heterocycles. The summed E-state index contributed by atoms with van der Waals surface area (Å²) in [4.78, 5) is 13.0. The second-order valence-corrected chi connectivity index (χ2v) is 10.8. The van der Waals surface area contributed by atoms with Gasteiger partial charge in [0.1, 0.15) is 0 Å². The number of fused-ring (bicyclic) bond motifs is 1. The number of hydrogen-bond donors (Lipinski definition) is 1. The molecule has 0 aliphatic rings. The molecule has 0 atom stereocenters. The highest BCUT2D eigenvalue weighted by atomic mass is 32.2. The van der Waals surface area contributed by atoms with Gasteiger partial charge in [0, 0.05) is 42.2 Å². The molecule has 0 saturated carbocycles. The lowest BCUT2D eigenvalue weighted by Gasteiger charge is -2.08. The molecular weight excluding hydrogens is 489 g/mol. The average molecular weight is 515 g/mol. The number of carbonyl (C=O) groups is 1. The van der Waals surface area contributed by atoms with Crippen LogP contribution in [0.3, 0.4) is 0 Å². The van der Waals surface area contributed by atoms with Gasteiger partial charge in [-0.25, -0.2) is 8.42 Å². The lowest BCUT2D eigenvalue weighted by atomic mass is 10.1. The van der Waals surface area contributed by atoms with E-state index in [-0.39, 0.29) is 23.1 Å². The van der Waals surface area contributed by atoms with Crippen molar-refractivity contribution in [3.63, 3.8) is 0 Å². The van der Waals surface area contributed by atoms with Crippen LogP contribution in [0, 0.1) is 0 Å². The predicted molar refractivity (Wildman–Crippen MR) is 133 cm³/mol. The Morgan fingerprint density at radius 1 is 0.917 bits per heavy atom. The number of aromatic nitrogens is 1. The molecule has 0 spiro atoms. The zero-order valence-electron chi connectivity index (χ0n) is 19.8. The van der Waals surface area contributed by atoms with Gasteiger partial charge in [0.15, 0.2) is 9.84 Å². The summed E-state index contributed by atoms with van der Waals surface area (Å²) in [6.07, 6.45) is -3.91. The highest BCUT2D eigenvalue weighted by molar-refractivity contribution is 7.91. The number of rotatable bonds is 7. The van der Waals surface area contributed by atoms with Crippen molar-refractivity contribution in [1.29, 1.82) is 0 Å². The SMILES string of the molecule is CCS(=O)(=O)c1ccc(CNC(=O)c2ccc3c(c2)cc(Cc2ccc(C(F)(F)F)cc2)n3C)cc1. The van der Waals surface area contributed by atoms with Gasteiger partial charge in [-0.2, -0.15) is 13.2 Å². The van der Waals surface area contributed by atoms with Crippen molar-refractivity contribution < 1.29 is 26.4 Å². The van der Waals surface area contributed by atoms with Crippen molar-refractivity contribution in [2.45, 2.75) is 31.0 Å². The van der Waals surface area contributed by atoms with E-state index in [4.69, 9.17) is 0 Å². The molecule has 0 fully saturated rings. The van der Waals surface area contributed by atoms with Gasteiger partial charge in [-0.3, -0.25) is 4.79 Å². The number of nitrogens with one attached hydrogen (secondary N) is 1. The maximum Gasteiger partial charge on any atom is 0.416 e. The molecule has 5 nitrogen and oxygen atoms in total. The van der Waals surface area contributed by atoms with E-state index in [1.165, 1.54) is 24.3 Å². The van der Waals surface area contributed by atoms with Crippen LogP contribution in [-0.2, 0) is 36.0 Å². The Balaban J connectivity index is 1.46. The maximum atomic E-state index is 12.8. The first-order valence-corrected chi connectivity index (χ1v) is 13.0. The van der Waals surface area contributed by atoms with E-state index in [0.29, 0.717) is 12.0 Å². The number of amides is 1. The van der Waals surface area contributed by atoms with Gasteiger partial charge in [0.25, 0.3) is 5.91 Å². The van der Waals surface area contributed by atoms with Crippen molar-refractivity contribution in [3.05, 3.63) is 101 Å². The van der Waals surface area contributed by atoms with Crippen molar-refractivity contribution in [2.75, 3.05) is 5.75 Å². The maximum absolute atomic E-state index is 12.8. The molecule has 1 N–H and O–H groups in total. The Hall–Kier alpha value is -3.59. The quantitative estimate of drug-likeness (QED) is 0.354. The summed E-state index contributed by atoms with van der Waals surface area (Å²) >= 11 is 0. The molecule has 0 bridgehead atoms. The van der Waals surface area contributed by atoms with E-state index >= 15 is 0 Å². The molecule has 0 saturated heterocycles. The lowest BCUT2D eigenvalue weighted by Crippen LogP contribution is -2.22. The van der Waals surface area contributed by atoms with Crippen LogP contribution in [0.2, 0.25) is 0 Å². The molecule has 1 heterocycles. The predicted octanol–water partition coefficient (Wildman–Crippen LogP) is 5.51. The molecule has 188 valence electrons. The molecule has 4 aromatic rings. The Morgan fingerprint density at radius 3 is 2.17 bits per heavy atom. The van der Waals surface area contributed by atoms with Gasteiger partial charge in [-0.05, 0) is 59.7 Å². The van der Waals surface area contributed by atoms with Crippen LogP contribution in [0.5, 0.6) is 0 Å². The number of halogens is 3. The van der Waals surface area contributed by atoms with Crippen LogP contribution in [0.4, 0.5) is 13.2 Å². The van der Waals surface area contributed by atoms with Gasteiger partial charge in [-0.15, -0.1) is 0 Å². The largest absolute Gasteiger partial charge is 0.416 e. The smallest absolute Gasteiger partial charge is 0.348 e. The van der Waals surface area contributed by atoms with Crippen LogP contribution in [0.25, 0.3) is 10.9 Å². The second kappa shape index (κ2) is 9.81. The summed E-state index contributed by atoms with van der Waals surface area (Å²) in [6.45, 7) is 1.84. The van der Waals surface area contributed by atoms with Crippen LogP contribution < -0.4 is 5.32 Å². The number of hydrogen-bond acceptors (Lipinski definition) is 3. The van der Waals surface area contributed by atoms with Crippen molar-refractivity contribution in [1.82, 2.24) is 9.88 Å². The Labute approximate surface area is 207 Å². The standard InChI is InChI=1S/C27H25F3N2O3S/c1-3-36(34,35)24-11-6-19(7-12-24)17-31-26(33)20-8-13-25-21(15-20)16-23(32(25)2)14-18-4-9-22(10-5-18)27(28,29)30/h4-13,15-16H,3,14,17H2,1-2H3,(H,31,33). The van der Waals surface area contributed by atoms with Crippen molar-refractivity contribution in [2.24, 2.45) is 7.05 Å². The summed E-state index contributed by atoms with van der Waals surface area (Å²) in [5.41, 5.74) is 3.13. The highest BCUT2D eigenvalue weighted by Gasteiger charge is 2.29. The molecule has 0 aliphatic carbocycles. The minimum Gasteiger partial charge on any atom is -0.348 e. The van der Waals surface area contributed by atoms with Gasteiger partial charge < -0.3 is 9.88 Å². The number of benzene rings is 3. The molecule has 1 amide bonds. The summed E-state index contributed by atoms with van der Waals surface area (Å²) < 4.78 is 64.3. The van der Waals surface area contributed by atoms with E-state index in [1.54, 1.807) is 31.2 Å². The van der Waals surface area contributed by atoms with Crippen molar-refractivity contribution >= 4 is 26.6 Å². The fourth-order valence-corrected chi connectivity index (χ4v) is 4.89. The summed E-state index contributed by atoms with van der Waals surface area (Å²) in [5.74, 6) is -0.243. The number of aryl methyl sites for hydroxylation is 1. The van der Waals surface area contributed by atoms with Crippen LogP contribution in [-0.4, -0.2) is 24.6 Å². The van der Waals surface area contributed by atoms with E-state index in [9.17, 15) is 26.4 Å². The molecule has 4 rings (SSSR count). The molecule has 9 heteroatoms. The Morgan fingerprint density at radius 2 is 1.56 bits per heavy atom. The molecular formula is C27H25F3N2O3S. The highest BCUT2D eigenvalue weighted by Crippen LogP contribution is 2.30. The third-order valence-corrected chi connectivity index (χ3v) is 7.94. The zero-order valence-corrected chi connectivity index (χ0v) is 20.6. The molecule has 0 unspecified atom stereocenters.